The molecule has 0 aliphatic carbocycles. The molecule has 0 saturated carbocycles. The topological polar surface area (TPSA) is 46.9 Å². The minimum Gasteiger partial charge on any atom is -0.322 e. The summed E-state index contributed by atoms with van der Waals surface area (Å²) in [5.41, 5.74) is 6.28. The molecule has 0 aliphatic heterocycles. The van der Waals surface area contributed by atoms with Crippen LogP contribution in [0.5, 0.6) is 0 Å². The van der Waals surface area contributed by atoms with Crippen LogP contribution >= 0.6 is 0 Å². The molecule has 1 heterocycles. The van der Waals surface area contributed by atoms with Crippen LogP contribution in [0.25, 0.3) is 5.69 Å². The largest absolute Gasteiger partial charge is 0.322 e. The second kappa shape index (κ2) is 6.32. The Morgan fingerprint density at radius 3 is 2.33 bits per heavy atom. The van der Waals surface area contributed by atoms with Gasteiger partial charge in [-0.25, -0.2) is 4.68 Å². The molecule has 2 aromatic carbocycles. The molecule has 122 valence electrons. The average Bonchev–Trinajstić information content (AvgIpc) is 2.86. The van der Waals surface area contributed by atoms with Crippen molar-refractivity contribution in [3.8, 4) is 5.69 Å². The molecule has 24 heavy (non-hydrogen) atoms. The lowest BCUT2D eigenvalue weighted by molar-refractivity contribution is 0.102. The van der Waals surface area contributed by atoms with Crippen LogP contribution in [-0.2, 0) is 0 Å². The van der Waals surface area contributed by atoms with E-state index in [1.807, 2.05) is 74.0 Å². The summed E-state index contributed by atoms with van der Waals surface area (Å²) in [6.45, 7) is 7.87. The van der Waals surface area contributed by atoms with Crippen molar-refractivity contribution in [2.75, 3.05) is 5.32 Å². The van der Waals surface area contributed by atoms with Crippen LogP contribution in [0.1, 0.15) is 32.9 Å². The number of para-hydroxylation sites is 1. The summed E-state index contributed by atoms with van der Waals surface area (Å²) in [5.74, 6) is -0.129. The summed E-state index contributed by atoms with van der Waals surface area (Å²) in [6, 6.07) is 15.8. The second-order valence-corrected chi connectivity index (χ2v) is 6.05. The smallest absolute Gasteiger partial charge is 0.259 e. The first-order chi connectivity index (χ1) is 11.5. The molecule has 1 aromatic heterocycles. The molecule has 1 N–H and O–H groups in total. The highest BCUT2D eigenvalue weighted by molar-refractivity contribution is 6.06. The van der Waals surface area contributed by atoms with Gasteiger partial charge in [0.05, 0.1) is 22.6 Å². The molecule has 3 rings (SSSR count). The molecule has 0 bridgehead atoms. The van der Waals surface area contributed by atoms with Crippen molar-refractivity contribution < 1.29 is 4.79 Å². The number of nitrogens with zero attached hydrogens (tertiary/aromatic N) is 2. The number of hydrogen-bond donors (Lipinski definition) is 1. The molecule has 0 spiro atoms. The number of nitrogens with one attached hydrogen (secondary N) is 1. The highest BCUT2D eigenvalue weighted by Gasteiger charge is 2.19. The number of rotatable bonds is 3. The van der Waals surface area contributed by atoms with E-state index in [0.29, 0.717) is 5.56 Å². The third-order valence-electron chi connectivity index (χ3n) is 4.28. The zero-order valence-electron chi connectivity index (χ0n) is 14.4. The lowest BCUT2D eigenvalue weighted by Crippen LogP contribution is -2.14. The van der Waals surface area contributed by atoms with E-state index in [4.69, 9.17) is 0 Å². The summed E-state index contributed by atoms with van der Waals surface area (Å²) in [7, 11) is 0. The van der Waals surface area contributed by atoms with E-state index in [1.54, 1.807) is 0 Å². The van der Waals surface area contributed by atoms with Crippen molar-refractivity contribution in [3.05, 3.63) is 76.6 Å². The van der Waals surface area contributed by atoms with Gasteiger partial charge in [0.25, 0.3) is 5.91 Å². The van der Waals surface area contributed by atoms with E-state index >= 15 is 0 Å². The van der Waals surface area contributed by atoms with Crippen LogP contribution in [0.3, 0.4) is 0 Å². The Bertz CT molecular complexity index is 895. The number of carbonyl (C=O) groups excluding carboxylic acids is 1. The quantitative estimate of drug-likeness (QED) is 0.780. The minimum absolute atomic E-state index is 0.129. The van der Waals surface area contributed by atoms with Crippen molar-refractivity contribution in [1.82, 2.24) is 9.78 Å². The fourth-order valence-corrected chi connectivity index (χ4v) is 2.80. The molecular weight excluding hydrogens is 298 g/mol. The predicted octanol–water partition coefficient (Wildman–Crippen LogP) is 4.36. The van der Waals surface area contributed by atoms with E-state index < -0.39 is 0 Å². The first kappa shape index (κ1) is 16.0. The molecule has 1 amide bonds. The Labute approximate surface area is 142 Å². The van der Waals surface area contributed by atoms with Gasteiger partial charge < -0.3 is 5.32 Å². The standard InChI is InChI=1S/C20H21N3O/c1-13-10-11-17(12-14(13)2)21-20(24)19-15(3)22-23(16(19)4)18-8-6-5-7-9-18/h5-12H,1-4H3,(H,21,24). The van der Waals surface area contributed by atoms with Crippen molar-refractivity contribution >= 4 is 11.6 Å². The third-order valence-corrected chi connectivity index (χ3v) is 4.28. The zero-order chi connectivity index (χ0) is 17.3. The average molecular weight is 319 g/mol. The van der Waals surface area contributed by atoms with Gasteiger partial charge in [-0.05, 0) is 63.1 Å². The Balaban J connectivity index is 1.93. The Kier molecular flexibility index (Phi) is 4.21. The maximum absolute atomic E-state index is 12.7. The van der Waals surface area contributed by atoms with Crippen molar-refractivity contribution in [1.29, 1.82) is 0 Å². The molecule has 4 heteroatoms. The van der Waals surface area contributed by atoms with Crippen LogP contribution in [-0.4, -0.2) is 15.7 Å². The van der Waals surface area contributed by atoms with Gasteiger partial charge in [-0.15, -0.1) is 0 Å². The van der Waals surface area contributed by atoms with E-state index in [2.05, 4.69) is 17.3 Å². The maximum atomic E-state index is 12.7. The number of benzene rings is 2. The molecule has 0 unspecified atom stereocenters. The van der Waals surface area contributed by atoms with Crippen molar-refractivity contribution in [2.45, 2.75) is 27.7 Å². The maximum Gasteiger partial charge on any atom is 0.259 e. The van der Waals surface area contributed by atoms with Gasteiger partial charge in [0.2, 0.25) is 0 Å². The molecular formula is C20H21N3O. The van der Waals surface area contributed by atoms with Gasteiger partial charge in [0.15, 0.2) is 0 Å². The van der Waals surface area contributed by atoms with Gasteiger partial charge >= 0.3 is 0 Å². The zero-order valence-corrected chi connectivity index (χ0v) is 14.4. The van der Waals surface area contributed by atoms with Crippen LogP contribution in [0, 0.1) is 27.7 Å². The number of aryl methyl sites for hydroxylation is 3. The van der Waals surface area contributed by atoms with Crippen LogP contribution in [0.15, 0.2) is 48.5 Å². The SMILES string of the molecule is Cc1ccc(NC(=O)c2c(C)nn(-c3ccccc3)c2C)cc1C. The highest BCUT2D eigenvalue weighted by atomic mass is 16.1. The number of anilines is 1. The van der Waals surface area contributed by atoms with Crippen molar-refractivity contribution in [2.24, 2.45) is 0 Å². The monoisotopic (exact) mass is 319 g/mol. The van der Waals surface area contributed by atoms with Gasteiger partial charge in [0, 0.05) is 5.69 Å². The Hall–Kier alpha value is -2.88. The van der Waals surface area contributed by atoms with E-state index in [1.165, 1.54) is 5.56 Å². The fraction of sp³-hybridized carbons (Fsp3) is 0.200. The van der Waals surface area contributed by atoms with E-state index in [0.717, 1.165) is 28.3 Å². The molecule has 3 aromatic rings. The van der Waals surface area contributed by atoms with E-state index in [-0.39, 0.29) is 5.91 Å². The third kappa shape index (κ3) is 2.95. The fourth-order valence-electron chi connectivity index (χ4n) is 2.80. The lowest BCUT2D eigenvalue weighted by atomic mass is 10.1. The summed E-state index contributed by atoms with van der Waals surface area (Å²) >= 11 is 0. The number of hydrogen-bond acceptors (Lipinski definition) is 2. The van der Waals surface area contributed by atoms with Gasteiger partial charge in [-0.2, -0.15) is 5.10 Å². The number of aromatic nitrogens is 2. The van der Waals surface area contributed by atoms with Gasteiger partial charge in [-0.3, -0.25) is 4.79 Å². The lowest BCUT2D eigenvalue weighted by Gasteiger charge is -2.08. The highest BCUT2D eigenvalue weighted by Crippen LogP contribution is 2.20. The summed E-state index contributed by atoms with van der Waals surface area (Å²) in [6.07, 6.45) is 0. The summed E-state index contributed by atoms with van der Waals surface area (Å²) < 4.78 is 1.81. The number of amides is 1. The van der Waals surface area contributed by atoms with Crippen LogP contribution in [0.2, 0.25) is 0 Å². The van der Waals surface area contributed by atoms with E-state index in [9.17, 15) is 4.79 Å². The first-order valence-electron chi connectivity index (χ1n) is 7.97. The molecule has 4 nitrogen and oxygen atoms in total. The number of carbonyl (C=O) groups is 1. The van der Waals surface area contributed by atoms with Crippen molar-refractivity contribution in [3.63, 3.8) is 0 Å². The van der Waals surface area contributed by atoms with Crippen LogP contribution in [0.4, 0.5) is 5.69 Å². The van der Waals surface area contributed by atoms with Crippen LogP contribution < -0.4 is 5.32 Å². The van der Waals surface area contributed by atoms with Gasteiger partial charge in [0.1, 0.15) is 0 Å². The molecule has 0 fully saturated rings. The predicted molar refractivity (Wildman–Crippen MR) is 96.9 cm³/mol. The minimum atomic E-state index is -0.129. The second-order valence-electron chi connectivity index (χ2n) is 6.05. The summed E-state index contributed by atoms with van der Waals surface area (Å²) in [4.78, 5) is 12.7. The Morgan fingerprint density at radius 2 is 1.67 bits per heavy atom. The molecule has 0 saturated heterocycles. The van der Waals surface area contributed by atoms with Gasteiger partial charge in [-0.1, -0.05) is 24.3 Å². The summed E-state index contributed by atoms with van der Waals surface area (Å²) in [5, 5.41) is 7.51. The first-order valence-corrected chi connectivity index (χ1v) is 7.97. The molecule has 0 radical (unpaired) electrons. The molecule has 0 atom stereocenters. The Morgan fingerprint density at radius 1 is 0.958 bits per heavy atom. The molecule has 0 aliphatic rings. The normalized spacial score (nSPS) is 10.7.